The Morgan fingerprint density at radius 3 is 2.84 bits per heavy atom. The molecule has 6 nitrogen and oxygen atoms in total. The first kappa shape index (κ1) is 13.6. The minimum atomic E-state index is 0.0467. The van der Waals surface area contributed by atoms with Crippen LogP contribution in [-0.2, 0) is 4.74 Å². The molecule has 0 amide bonds. The molecule has 0 aliphatic carbocycles. The molecule has 1 fully saturated rings. The quantitative estimate of drug-likeness (QED) is 0.590. The van der Waals surface area contributed by atoms with Crippen molar-refractivity contribution in [3.8, 4) is 5.75 Å². The van der Waals surface area contributed by atoms with E-state index in [0.29, 0.717) is 12.3 Å². The number of benzene rings is 1. The maximum atomic E-state index is 5.70. The van der Waals surface area contributed by atoms with Crippen molar-refractivity contribution < 1.29 is 9.47 Å². The van der Waals surface area contributed by atoms with Gasteiger partial charge in [-0.05, 0) is 12.1 Å². The Kier molecular flexibility index (Phi) is 5.00. The molecule has 1 aromatic rings. The third kappa shape index (κ3) is 4.76. The van der Waals surface area contributed by atoms with Gasteiger partial charge in [0.05, 0.1) is 18.9 Å². The van der Waals surface area contributed by atoms with Gasteiger partial charge in [-0.2, -0.15) is 0 Å². The van der Waals surface area contributed by atoms with Crippen molar-refractivity contribution in [3.05, 3.63) is 24.3 Å². The summed E-state index contributed by atoms with van der Waals surface area (Å²) in [5, 5.41) is 0. The van der Waals surface area contributed by atoms with Crippen molar-refractivity contribution in [2.24, 2.45) is 16.5 Å². The molecule has 104 valence electrons. The molecule has 0 unspecified atom stereocenters. The van der Waals surface area contributed by atoms with Gasteiger partial charge in [-0.25, -0.2) is 4.99 Å². The Bertz CT molecular complexity index is 426. The lowest BCUT2D eigenvalue weighted by molar-refractivity contribution is 0.0322. The van der Waals surface area contributed by atoms with Crippen molar-refractivity contribution in [3.63, 3.8) is 0 Å². The third-order valence-corrected chi connectivity index (χ3v) is 2.86. The molecule has 1 aromatic carbocycles. The number of ether oxygens (including phenoxy) is 2. The Morgan fingerprint density at radius 2 is 2.11 bits per heavy atom. The first-order valence-corrected chi connectivity index (χ1v) is 6.36. The van der Waals surface area contributed by atoms with Crippen molar-refractivity contribution in [2.45, 2.75) is 0 Å². The molecule has 4 N–H and O–H groups in total. The van der Waals surface area contributed by atoms with Crippen LogP contribution in [-0.4, -0.2) is 50.3 Å². The number of rotatable bonds is 5. The van der Waals surface area contributed by atoms with E-state index in [1.54, 1.807) is 0 Å². The van der Waals surface area contributed by atoms with E-state index < -0.39 is 0 Å². The van der Waals surface area contributed by atoms with Gasteiger partial charge < -0.3 is 20.9 Å². The number of hydrogen-bond donors (Lipinski definition) is 2. The van der Waals surface area contributed by atoms with Crippen molar-refractivity contribution in [1.82, 2.24) is 4.90 Å². The molecule has 2 rings (SSSR count). The maximum Gasteiger partial charge on any atom is 0.191 e. The summed E-state index contributed by atoms with van der Waals surface area (Å²) in [6, 6.07) is 7.41. The summed E-state index contributed by atoms with van der Waals surface area (Å²) in [5.41, 5.74) is 11.4. The molecule has 0 radical (unpaired) electrons. The highest BCUT2D eigenvalue weighted by Crippen LogP contribution is 2.19. The minimum Gasteiger partial charge on any atom is -0.492 e. The predicted octanol–water partition coefficient (Wildman–Crippen LogP) is 0.302. The summed E-state index contributed by atoms with van der Waals surface area (Å²) >= 11 is 0. The molecule has 0 aromatic heterocycles. The molecule has 1 aliphatic heterocycles. The van der Waals surface area contributed by atoms with Crippen LogP contribution in [0, 0.1) is 0 Å². The van der Waals surface area contributed by atoms with Crippen LogP contribution < -0.4 is 16.2 Å². The highest BCUT2D eigenvalue weighted by atomic mass is 16.5. The normalized spacial score (nSPS) is 16.0. The zero-order valence-corrected chi connectivity index (χ0v) is 10.9. The predicted molar refractivity (Wildman–Crippen MR) is 74.7 cm³/mol. The fourth-order valence-corrected chi connectivity index (χ4v) is 1.91. The molecular weight excluding hydrogens is 244 g/mol. The molecule has 0 spiro atoms. The van der Waals surface area contributed by atoms with Gasteiger partial charge in [-0.3, -0.25) is 4.90 Å². The van der Waals surface area contributed by atoms with Crippen LogP contribution in [0.4, 0.5) is 5.69 Å². The number of nitrogens with two attached hydrogens (primary N) is 2. The fourth-order valence-electron chi connectivity index (χ4n) is 1.91. The van der Waals surface area contributed by atoms with Crippen LogP contribution in [0.15, 0.2) is 29.3 Å². The van der Waals surface area contributed by atoms with E-state index in [1.807, 2.05) is 24.3 Å². The summed E-state index contributed by atoms with van der Waals surface area (Å²) in [6.07, 6.45) is 0. The van der Waals surface area contributed by atoms with E-state index in [4.69, 9.17) is 20.9 Å². The molecule has 1 heterocycles. The highest BCUT2D eigenvalue weighted by molar-refractivity contribution is 5.79. The molecule has 0 bridgehead atoms. The Morgan fingerprint density at radius 1 is 1.32 bits per heavy atom. The summed E-state index contributed by atoms with van der Waals surface area (Å²) < 4.78 is 11.0. The minimum absolute atomic E-state index is 0.0467. The maximum absolute atomic E-state index is 5.70. The number of hydrogen-bond acceptors (Lipinski definition) is 4. The van der Waals surface area contributed by atoms with Gasteiger partial charge in [-0.1, -0.05) is 6.07 Å². The number of nitrogens with zero attached hydrogens (tertiary/aromatic N) is 2. The topological polar surface area (TPSA) is 86.1 Å². The average molecular weight is 264 g/mol. The number of morpholine rings is 1. The molecule has 0 atom stereocenters. The summed E-state index contributed by atoms with van der Waals surface area (Å²) in [5.74, 6) is 0.821. The second-order valence-corrected chi connectivity index (χ2v) is 4.34. The van der Waals surface area contributed by atoms with Gasteiger partial charge in [-0.15, -0.1) is 0 Å². The van der Waals surface area contributed by atoms with E-state index >= 15 is 0 Å². The molecule has 0 saturated carbocycles. The Hall–Kier alpha value is -1.79. The van der Waals surface area contributed by atoms with E-state index in [9.17, 15) is 0 Å². The van der Waals surface area contributed by atoms with Crippen molar-refractivity contribution in [1.29, 1.82) is 0 Å². The summed E-state index contributed by atoms with van der Waals surface area (Å²) in [4.78, 5) is 6.31. The fraction of sp³-hybridized carbons (Fsp3) is 0.462. The lowest BCUT2D eigenvalue weighted by atomic mass is 10.3. The Balaban J connectivity index is 1.80. The van der Waals surface area contributed by atoms with Gasteiger partial charge in [0.1, 0.15) is 12.4 Å². The van der Waals surface area contributed by atoms with Crippen LogP contribution in [0.5, 0.6) is 5.75 Å². The van der Waals surface area contributed by atoms with Crippen LogP contribution in [0.1, 0.15) is 0 Å². The van der Waals surface area contributed by atoms with Gasteiger partial charge in [0.2, 0.25) is 0 Å². The molecule has 19 heavy (non-hydrogen) atoms. The van der Waals surface area contributed by atoms with Crippen LogP contribution in [0.2, 0.25) is 0 Å². The smallest absolute Gasteiger partial charge is 0.191 e. The lowest BCUT2D eigenvalue weighted by Crippen LogP contribution is -2.38. The summed E-state index contributed by atoms with van der Waals surface area (Å²) in [6.45, 7) is 5.09. The Labute approximate surface area is 113 Å². The van der Waals surface area contributed by atoms with Gasteiger partial charge in [0.15, 0.2) is 5.96 Å². The monoisotopic (exact) mass is 264 g/mol. The average Bonchev–Trinajstić information content (AvgIpc) is 2.40. The third-order valence-electron chi connectivity index (χ3n) is 2.86. The van der Waals surface area contributed by atoms with Crippen LogP contribution in [0.3, 0.4) is 0 Å². The van der Waals surface area contributed by atoms with Gasteiger partial charge >= 0.3 is 0 Å². The zero-order valence-electron chi connectivity index (χ0n) is 10.9. The first-order chi connectivity index (χ1) is 9.24. The van der Waals surface area contributed by atoms with E-state index in [0.717, 1.165) is 38.6 Å². The van der Waals surface area contributed by atoms with E-state index in [-0.39, 0.29) is 5.96 Å². The molecule has 1 saturated heterocycles. The standard InChI is InChI=1S/C13H20N4O2/c14-13(15)16-11-2-1-3-12(10-11)19-9-6-17-4-7-18-8-5-17/h1-3,10H,4-9H2,(H4,14,15,16). The SMILES string of the molecule is NC(N)=Nc1cccc(OCCN2CCOCC2)c1. The second kappa shape index (κ2) is 6.96. The number of aliphatic imine (C=N–C) groups is 1. The van der Waals surface area contributed by atoms with Crippen molar-refractivity contribution in [2.75, 3.05) is 39.5 Å². The van der Waals surface area contributed by atoms with E-state index in [1.165, 1.54) is 0 Å². The summed E-state index contributed by atoms with van der Waals surface area (Å²) in [7, 11) is 0. The second-order valence-electron chi connectivity index (χ2n) is 4.34. The van der Waals surface area contributed by atoms with E-state index in [2.05, 4.69) is 9.89 Å². The van der Waals surface area contributed by atoms with Crippen molar-refractivity contribution >= 4 is 11.6 Å². The van der Waals surface area contributed by atoms with Gasteiger partial charge in [0, 0.05) is 25.7 Å². The molecule has 6 heteroatoms. The van der Waals surface area contributed by atoms with Crippen LogP contribution >= 0.6 is 0 Å². The lowest BCUT2D eigenvalue weighted by Gasteiger charge is -2.26. The number of guanidine groups is 1. The molecular formula is C13H20N4O2. The molecule has 1 aliphatic rings. The van der Waals surface area contributed by atoms with Crippen LogP contribution in [0.25, 0.3) is 0 Å². The first-order valence-electron chi connectivity index (χ1n) is 6.36. The largest absolute Gasteiger partial charge is 0.492 e. The zero-order chi connectivity index (χ0) is 13.5. The van der Waals surface area contributed by atoms with Gasteiger partial charge in [0.25, 0.3) is 0 Å². The highest BCUT2D eigenvalue weighted by Gasteiger charge is 2.09.